The normalized spacial score (nSPS) is 17.4. The molecule has 1 aliphatic carbocycles. The van der Waals surface area contributed by atoms with Gasteiger partial charge in [0.2, 0.25) is 0 Å². The number of nitrogens with zero attached hydrogens (tertiary/aromatic N) is 1. The third-order valence-corrected chi connectivity index (χ3v) is 5.13. The zero-order valence-corrected chi connectivity index (χ0v) is 15.0. The Morgan fingerprint density at radius 3 is 2.79 bits per heavy atom. The van der Waals surface area contributed by atoms with Gasteiger partial charge in [0.05, 0.1) is 0 Å². The number of para-hydroxylation sites is 1. The molecule has 4 nitrogen and oxygen atoms in total. The molecule has 128 valence electrons. The van der Waals surface area contributed by atoms with Gasteiger partial charge in [-0.15, -0.1) is 0 Å². The Hall–Kier alpha value is -2.10. The molecule has 0 bridgehead atoms. The van der Waals surface area contributed by atoms with E-state index in [2.05, 4.69) is 38.2 Å². The second kappa shape index (κ2) is 6.42. The van der Waals surface area contributed by atoms with Crippen molar-refractivity contribution in [3.8, 4) is 0 Å². The van der Waals surface area contributed by atoms with Gasteiger partial charge in [0.15, 0.2) is 5.69 Å². The summed E-state index contributed by atoms with van der Waals surface area (Å²) >= 11 is 0. The van der Waals surface area contributed by atoms with E-state index in [1.807, 2.05) is 24.3 Å². The van der Waals surface area contributed by atoms with Crippen LogP contribution in [0.3, 0.4) is 0 Å². The largest absolute Gasteiger partial charge is 0.360 e. The molecule has 0 fully saturated rings. The first-order valence-electron chi connectivity index (χ1n) is 8.76. The number of amides is 1. The van der Waals surface area contributed by atoms with Crippen LogP contribution in [0.15, 0.2) is 28.8 Å². The first-order valence-corrected chi connectivity index (χ1v) is 8.76. The highest BCUT2D eigenvalue weighted by atomic mass is 16.5. The highest BCUT2D eigenvalue weighted by Gasteiger charge is 2.34. The van der Waals surface area contributed by atoms with Crippen LogP contribution in [0, 0.1) is 11.3 Å². The van der Waals surface area contributed by atoms with Crippen molar-refractivity contribution in [3.63, 3.8) is 0 Å². The molecule has 1 aromatic heterocycles. The Morgan fingerprint density at radius 2 is 2.08 bits per heavy atom. The molecule has 24 heavy (non-hydrogen) atoms. The minimum absolute atomic E-state index is 0.171. The summed E-state index contributed by atoms with van der Waals surface area (Å²) in [6.07, 6.45) is 3.69. The highest BCUT2D eigenvalue weighted by molar-refractivity contribution is 6.04. The van der Waals surface area contributed by atoms with Crippen molar-refractivity contribution >= 4 is 11.6 Å². The summed E-state index contributed by atoms with van der Waals surface area (Å²) in [4.78, 5) is 12.7. The van der Waals surface area contributed by atoms with Gasteiger partial charge in [-0.05, 0) is 42.2 Å². The number of fused-ring (bicyclic) bond motifs is 1. The van der Waals surface area contributed by atoms with Gasteiger partial charge >= 0.3 is 0 Å². The van der Waals surface area contributed by atoms with Crippen LogP contribution in [0.25, 0.3) is 0 Å². The van der Waals surface area contributed by atoms with Gasteiger partial charge < -0.3 is 9.84 Å². The van der Waals surface area contributed by atoms with Crippen molar-refractivity contribution in [2.45, 2.75) is 53.4 Å². The van der Waals surface area contributed by atoms with Crippen molar-refractivity contribution in [2.75, 3.05) is 5.32 Å². The molecule has 0 saturated carbocycles. The Kier molecular flexibility index (Phi) is 4.48. The van der Waals surface area contributed by atoms with Crippen molar-refractivity contribution in [3.05, 3.63) is 46.8 Å². The molecular weight excluding hydrogens is 300 g/mol. The Balaban J connectivity index is 1.84. The third kappa shape index (κ3) is 3.23. The summed E-state index contributed by atoms with van der Waals surface area (Å²) in [5.41, 5.74) is 3.63. The number of carbonyl (C=O) groups excluding carboxylic acids is 1. The number of anilines is 1. The molecule has 1 aliphatic rings. The van der Waals surface area contributed by atoms with Crippen LogP contribution < -0.4 is 5.32 Å². The standard InChI is InChI=1S/C20H26N2O2/c1-5-13-8-6-7-9-16(13)21-19(23)18-15-12-14(20(2,3)4)10-11-17(15)24-22-18/h6-9,14H,5,10-12H2,1-4H3,(H,21,23)/t14-/m0/s1. The summed E-state index contributed by atoms with van der Waals surface area (Å²) in [6, 6.07) is 7.88. The van der Waals surface area contributed by atoms with Crippen LogP contribution in [0.4, 0.5) is 5.69 Å². The van der Waals surface area contributed by atoms with E-state index in [4.69, 9.17) is 4.52 Å². The predicted octanol–water partition coefficient (Wildman–Crippen LogP) is 4.64. The lowest BCUT2D eigenvalue weighted by Crippen LogP contribution is -2.27. The minimum Gasteiger partial charge on any atom is -0.360 e. The molecule has 0 radical (unpaired) electrons. The van der Waals surface area contributed by atoms with E-state index in [9.17, 15) is 4.79 Å². The minimum atomic E-state index is -0.171. The van der Waals surface area contributed by atoms with E-state index in [-0.39, 0.29) is 11.3 Å². The molecule has 0 spiro atoms. The maximum Gasteiger partial charge on any atom is 0.278 e. The monoisotopic (exact) mass is 326 g/mol. The van der Waals surface area contributed by atoms with Crippen LogP contribution in [0.5, 0.6) is 0 Å². The first kappa shape index (κ1) is 16.7. The quantitative estimate of drug-likeness (QED) is 0.894. The number of carbonyl (C=O) groups is 1. The maximum atomic E-state index is 12.7. The van der Waals surface area contributed by atoms with Gasteiger partial charge in [0.1, 0.15) is 5.76 Å². The fourth-order valence-electron chi connectivity index (χ4n) is 3.45. The molecule has 1 N–H and O–H groups in total. The second-order valence-corrected chi connectivity index (χ2v) is 7.70. The number of aromatic nitrogens is 1. The van der Waals surface area contributed by atoms with Gasteiger partial charge in [0, 0.05) is 17.7 Å². The van der Waals surface area contributed by atoms with Crippen molar-refractivity contribution in [2.24, 2.45) is 11.3 Å². The van der Waals surface area contributed by atoms with Crippen molar-refractivity contribution in [1.82, 2.24) is 5.16 Å². The van der Waals surface area contributed by atoms with Crippen LogP contribution >= 0.6 is 0 Å². The number of hydrogen-bond acceptors (Lipinski definition) is 3. The van der Waals surface area contributed by atoms with Crippen LogP contribution in [-0.2, 0) is 19.3 Å². The molecule has 3 rings (SSSR count). The predicted molar refractivity (Wildman–Crippen MR) is 95.2 cm³/mol. The summed E-state index contributed by atoms with van der Waals surface area (Å²) in [6.45, 7) is 8.85. The Bertz CT molecular complexity index is 740. The zero-order chi connectivity index (χ0) is 17.3. The molecule has 2 aromatic rings. The van der Waals surface area contributed by atoms with E-state index in [0.29, 0.717) is 11.6 Å². The Labute approximate surface area is 143 Å². The molecule has 1 amide bonds. The van der Waals surface area contributed by atoms with E-state index in [1.54, 1.807) is 0 Å². The van der Waals surface area contributed by atoms with Crippen LogP contribution in [0.2, 0.25) is 0 Å². The zero-order valence-electron chi connectivity index (χ0n) is 15.0. The van der Waals surface area contributed by atoms with Gasteiger partial charge in [-0.2, -0.15) is 0 Å². The van der Waals surface area contributed by atoms with E-state index in [1.165, 1.54) is 0 Å². The summed E-state index contributed by atoms with van der Waals surface area (Å²) in [7, 11) is 0. The van der Waals surface area contributed by atoms with Crippen LogP contribution in [-0.4, -0.2) is 11.1 Å². The molecule has 0 unspecified atom stereocenters. The lowest BCUT2D eigenvalue weighted by atomic mass is 9.71. The van der Waals surface area contributed by atoms with E-state index >= 15 is 0 Å². The first-order chi connectivity index (χ1) is 11.4. The van der Waals surface area contributed by atoms with Crippen LogP contribution in [0.1, 0.15) is 61.5 Å². The molecular formula is C20H26N2O2. The average Bonchev–Trinajstić information content (AvgIpc) is 2.97. The van der Waals surface area contributed by atoms with Gasteiger partial charge in [-0.3, -0.25) is 4.79 Å². The topological polar surface area (TPSA) is 55.1 Å². The second-order valence-electron chi connectivity index (χ2n) is 7.70. The molecule has 0 saturated heterocycles. The smallest absolute Gasteiger partial charge is 0.278 e. The molecule has 1 heterocycles. The average molecular weight is 326 g/mol. The molecule has 1 aromatic carbocycles. The number of benzene rings is 1. The maximum absolute atomic E-state index is 12.7. The van der Waals surface area contributed by atoms with Gasteiger partial charge in [-0.1, -0.05) is 51.1 Å². The van der Waals surface area contributed by atoms with Gasteiger partial charge in [0.25, 0.3) is 5.91 Å². The molecule has 1 atom stereocenters. The summed E-state index contributed by atoms with van der Waals surface area (Å²) in [5.74, 6) is 1.25. The highest BCUT2D eigenvalue weighted by Crippen LogP contribution is 2.38. The SMILES string of the molecule is CCc1ccccc1NC(=O)c1noc2c1C[C@@H](C(C)(C)C)CC2. The number of rotatable bonds is 3. The lowest BCUT2D eigenvalue weighted by Gasteiger charge is -2.33. The number of aryl methyl sites for hydroxylation is 2. The lowest BCUT2D eigenvalue weighted by molar-refractivity contribution is 0.101. The summed E-state index contributed by atoms with van der Waals surface area (Å²) < 4.78 is 5.45. The van der Waals surface area contributed by atoms with E-state index in [0.717, 1.165) is 48.3 Å². The Morgan fingerprint density at radius 1 is 1.33 bits per heavy atom. The third-order valence-electron chi connectivity index (χ3n) is 5.13. The molecule has 0 aliphatic heterocycles. The summed E-state index contributed by atoms with van der Waals surface area (Å²) in [5, 5.41) is 7.08. The van der Waals surface area contributed by atoms with Gasteiger partial charge in [-0.25, -0.2) is 0 Å². The fourth-order valence-corrected chi connectivity index (χ4v) is 3.45. The fraction of sp³-hybridized carbons (Fsp3) is 0.500. The van der Waals surface area contributed by atoms with E-state index < -0.39 is 0 Å². The van der Waals surface area contributed by atoms with Crippen molar-refractivity contribution < 1.29 is 9.32 Å². The molecule has 4 heteroatoms. The number of hydrogen-bond donors (Lipinski definition) is 1. The van der Waals surface area contributed by atoms with Crippen molar-refractivity contribution in [1.29, 1.82) is 0 Å². The number of nitrogens with one attached hydrogen (secondary N) is 1.